The number of hydrogen-bond donors (Lipinski definition) is 2. The summed E-state index contributed by atoms with van der Waals surface area (Å²) in [6.07, 6.45) is 0.699. The summed E-state index contributed by atoms with van der Waals surface area (Å²) in [5.41, 5.74) is 3.40. The highest BCUT2D eigenvalue weighted by Crippen LogP contribution is 2.57. The van der Waals surface area contributed by atoms with Crippen molar-refractivity contribution < 1.29 is 43.5 Å². The summed E-state index contributed by atoms with van der Waals surface area (Å²) in [6, 6.07) is 16.9. The second kappa shape index (κ2) is 11.1. The standard InChI is InChI=1S/C30H30O9/c1-3-11-36-18-8-9-19-21(13-18)29(20-5-4-6-24(35-2)30(20)37-15-27(33)34)22(14-26(31)32)28(19)17-7-10-23-25(12-17)39-16-38-23/h4-10,12-13,22,28-29H,3,11,14-16H2,1-2H3,(H,31,32)(H,33,34). The molecule has 2 N–H and O–H groups in total. The Hall–Kier alpha value is -4.40. The van der Waals surface area contributed by atoms with E-state index in [1.165, 1.54) is 7.11 Å². The van der Waals surface area contributed by atoms with Gasteiger partial charge in [0, 0.05) is 23.8 Å². The first kappa shape index (κ1) is 26.2. The number of carbonyl (C=O) groups is 2. The van der Waals surface area contributed by atoms with E-state index in [9.17, 15) is 19.8 Å². The number of aliphatic carboxylic acids is 2. The molecule has 0 saturated heterocycles. The molecule has 5 rings (SSSR count). The highest BCUT2D eigenvalue weighted by molar-refractivity contribution is 5.71. The molecule has 0 fully saturated rings. The van der Waals surface area contributed by atoms with Crippen molar-refractivity contribution in [3.05, 3.63) is 76.9 Å². The van der Waals surface area contributed by atoms with Crippen LogP contribution < -0.4 is 23.7 Å². The summed E-state index contributed by atoms with van der Waals surface area (Å²) in [6.45, 7) is 2.13. The van der Waals surface area contributed by atoms with Gasteiger partial charge < -0.3 is 33.9 Å². The minimum Gasteiger partial charge on any atom is -0.494 e. The Morgan fingerprint density at radius 2 is 1.72 bits per heavy atom. The van der Waals surface area contributed by atoms with Crippen molar-refractivity contribution in [1.29, 1.82) is 0 Å². The molecule has 9 nitrogen and oxygen atoms in total. The lowest BCUT2D eigenvalue weighted by molar-refractivity contribution is -0.139. The predicted octanol–water partition coefficient (Wildman–Crippen LogP) is 5.04. The highest BCUT2D eigenvalue weighted by atomic mass is 16.7. The third-order valence-corrected chi connectivity index (χ3v) is 7.13. The normalized spacial score (nSPS) is 18.9. The molecule has 0 aromatic heterocycles. The molecule has 1 heterocycles. The van der Waals surface area contributed by atoms with Crippen LogP contribution >= 0.6 is 0 Å². The summed E-state index contributed by atoms with van der Waals surface area (Å²) in [4.78, 5) is 23.7. The van der Waals surface area contributed by atoms with Crippen molar-refractivity contribution in [2.75, 3.05) is 27.1 Å². The monoisotopic (exact) mass is 534 g/mol. The van der Waals surface area contributed by atoms with E-state index < -0.39 is 30.4 Å². The maximum absolute atomic E-state index is 12.3. The van der Waals surface area contributed by atoms with Crippen LogP contribution in [0, 0.1) is 5.92 Å². The fourth-order valence-electron chi connectivity index (χ4n) is 5.66. The summed E-state index contributed by atoms with van der Waals surface area (Å²) in [5, 5.41) is 19.4. The molecule has 204 valence electrons. The molecule has 0 spiro atoms. The molecular formula is C30H30O9. The zero-order valence-corrected chi connectivity index (χ0v) is 21.7. The molecule has 0 saturated carbocycles. The van der Waals surface area contributed by atoms with Crippen molar-refractivity contribution in [3.8, 4) is 28.7 Å². The topological polar surface area (TPSA) is 121 Å². The number of fused-ring (bicyclic) bond motifs is 2. The van der Waals surface area contributed by atoms with Gasteiger partial charge in [-0.2, -0.15) is 0 Å². The molecule has 1 aliphatic heterocycles. The Balaban J connectivity index is 1.71. The third kappa shape index (κ3) is 5.16. The number of carboxylic acids is 2. The third-order valence-electron chi connectivity index (χ3n) is 7.13. The van der Waals surface area contributed by atoms with Crippen molar-refractivity contribution in [1.82, 2.24) is 0 Å². The second-order valence-corrected chi connectivity index (χ2v) is 9.53. The lowest BCUT2D eigenvalue weighted by Crippen LogP contribution is -2.20. The summed E-state index contributed by atoms with van der Waals surface area (Å²) in [7, 11) is 1.48. The first-order valence-electron chi connectivity index (χ1n) is 12.8. The van der Waals surface area contributed by atoms with Gasteiger partial charge in [-0.25, -0.2) is 4.79 Å². The van der Waals surface area contributed by atoms with Crippen molar-refractivity contribution >= 4 is 11.9 Å². The SMILES string of the molecule is CCCOc1ccc2c(c1)C(c1cccc(OC)c1OCC(=O)O)C(CC(=O)O)C2c1ccc2c(c1)OCO2. The average Bonchev–Trinajstić information content (AvgIpc) is 3.51. The van der Waals surface area contributed by atoms with Gasteiger partial charge in [-0.15, -0.1) is 0 Å². The molecule has 3 aromatic carbocycles. The van der Waals surface area contributed by atoms with E-state index in [4.69, 9.17) is 23.7 Å². The maximum Gasteiger partial charge on any atom is 0.341 e. The maximum atomic E-state index is 12.3. The molecule has 0 amide bonds. The van der Waals surface area contributed by atoms with Crippen LogP contribution in [0.1, 0.15) is 53.9 Å². The molecule has 3 atom stereocenters. The zero-order valence-electron chi connectivity index (χ0n) is 21.7. The molecule has 1 aliphatic carbocycles. The van der Waals surface area contributed by atoms with E-state index in [1.54, 1.807) is 12.1 Å². The Bertz CT molecular complexity index is 1380. The number of rotatable bonds is 11. The van der Waals surface area contributed by atoms with Gasteiger partial charge in [-0.3, -0.25) is 4.79 Å². The van der Waals surface area contributed by atoms with Crippen LogP contribution in [0.5, 0.6) is 28.7 Å². The fraction of sp³-hybridized carbons (Fsp3) is 0.333. The van der Waals surface area contributed by atoms with Crippen molar-refractivity contribution in [2.45, 2.75) is 31.6 Å². The molecule has 9 heteroatoms. The van der Waals surface area contributed by atoms with E-state index in [0.29, 0.717) is 35.2 Å². The Morgan fingerprint density at radius 3 is 2.46 bits per heavy atom. The van der Waals surface area contributed by atoms with Crippen LogP contribution in [-0.4, -0.2) is 49.3 Å². The largest absolute Gasteiger partial charge is 0.494 e. The lowest BCUT2D eigenvalue weighted by Gasteiger charge is -2.27. The average molecular weight is 535 g/mol. The number of hydrogen-bond acceptors (Lipinski definition) is 7. The number of ether oxygens (including phenoxy) is 5. The first-order valence-corrected chi connectivity index (χ1v) is 12.8. The second-order valence-electron chi connectivity index (χ2n) is 9.53. The summed E-state index contributed by atoms with van der Waals surface area (Å²) in [5.74, 6) is -0.670. The van der Waals surface area contributed by atoms with Gasteiger partial charge in [-0.05, 0) is 59.4 Å². The number of methoxy groups -OCH3 is 1. The molecule has 0 radical (unpaired) electrons. The van der Waals surface area contributed by atoms with Gasteiger partial charge >= 0.3 is 11.9 Å². The number of carboxylic acid groups (broad SMARTS) is 2. The van der Waals surface area contributed by atoms with Crippen LogP contribution in [0.3, 0.4) is 0 Å². The minimum absolute atomic E-state index is 0.132. The Morgan fingerprint density at radius 1 is 0.897 bits per heavy atom. The van der Waals surface area contributed by atoms with Crippen LogP contribution in [0.25, 0.3) is 0 Å². The fourth-order valence-corrected chi connectivity index (χ4v) is 5.66. The van der Waals surface area contributed by atoms with E-state index in [0.717, 1.165) is 23.1 Å². The van der Waals surface area contributed by atoms with Crippen LogP contribution in [0.2, 0.25) is 0 Å². The van der Waals surface area contributed by atoms with Crippen LogP contribution in [0.15, 0.2) is 54.6 Å². The van der Waals surface area contributed by atoms with Gasteiger partial charge in [0.25, 0.3) is 0 Å². The quantitative estimate of drug-likeness (QED) is 0.348. The lowest BCUT2D eigenvalue weighted by atomic mass is 9.77. The highest BCUT2D eigenvalue weighted by Gasteiger charge is 2.45. The minimum atomic E-state index is -1.13. The van der Waals surface area contributed by atoms with E-state index in [2.05, 4.69) is 0 Å². The molecular weight excluding hydrogens is 504 g/mol. The molecule has 39 heavy (non-hydrogen) atoms. The van der Waals surface area contributed by atoms with Gasteiger partial charge in [0.05, 0.1) is 13.7 Å². The molecule has 3 unspecified atom stereocenters. The van der Waals surface area contributed by atoms with Crippen LogP contribution in [0.4, 0.5) is 0 Å². The van der Waals surface area contributed by atoms with Crippen molar-refractivity contribution in [2.24, 2.45) is 5.92 Å². The number of para-hydroxylation sites is 1. The van der Waals surface area contributed by atoms with Gasteiger partial charge in [-0.1, -0.05) is 31.2 Å². The van der Waals surface area contributed by atoms with E-state index in [-0.39, 0.29) is 24.9 Å². The first-order chi connectivity index (χ1) is 18.9. The zero-order chi connectivity index (χ0) is 27.5. The Kier molecular flexibility index (Phi) is 7.49. The molecule has 0 bridgehead atoms. The number of benzene rings is 3. The van der Waals surface area contributed by atoms with Crippen LogP contribution in [-0.2, 0) is 9.59 Å². The van der Waals surface area contributed by atoms with E-state index >= 15 is 0 Å². The van der Waals surface area contributed by atoms with E-state index in [1.807, 2.05) is 49.4 Å². The summed E-state index contributed by atoms with van der Waals surface area (Å²) < 4.78 is 28.4. The summed E-state index contributed by atoms with van der Waals surface area (Å²) >= 11 is 0. The molecule has 3 aromatic rings. The molecule has 2 aliphatic rings. The Labute approximate surface area is 225 Å². The van der Waals surface area contributed by atoms with Crippen molar-refractivity contribution in [3.63, 3.8) is 0 Å². The van der Waals surface area contributed by atoms with Gasteiger partial charge in [0.2, 0.25) is 6.79 Å². The smallest absolute Gasteiger partial charge is 0.341 e. The predicted molar refractivity (Wildman–Crippen MR) is 140 cm³/mol. The van der Waals surface area contributed by atoms with Gasteiger partial charge in [0.1, 0.15) is 5.75 Å². The van der Waals surface area contributed by atoms with Gasteiger partial charge in [0.15, 0.2) is 29.6 Å².